The van der Waals surface area contributed by atoms with Gasteiger partial charge in [0.15, 0.2) is 11.6 Å². The maximum atomic E-state index is 14.5. The number of aromatic nitrogens is 3. The van der Waals surface area contributed by atoms with Crippen LogP contribution in [0.2, 0.25) is 0 Å². The SMILES string of the molecule is O.O=S(=O)(O[C@H]1CN(c2c(-c3cc(F)cc(F)c3)cncc2-c2nc3cc(F)c(F)cc3[nH]2)CC[C@H]1NC1COC1)c1ccccc1. The molecule has 2 aliphatic rings. The number of aromatic amines is 1. The highest BCUT2D eigenvalue weighted by molar-refractivity contribution is 7.86. The molecule has 246 valence electrons. The fourth-order valence-corrected chi connectivity index (χ4v) is 6.99. The molecule has 3 aromatic carbocycles. The summed E-state index contributed by atoms with van der Waals surface area (Å²) in [6.07, 6.45) is 2.46. The van der Waals surface area contributed by atoms with E-state index in [2.05, 4.69) is 20.3 Å². The van der Waals surface area contributed by atoms with Gasteiger partial charge in [-0.2, -0.15) is 8.42 Å². The summed E-state index contributed by atoms with van der Waals surface area (Å²) in [5, 5.41) is 3.45. The van der Waals surface area contributed by atoms with Crippen molar-refractivity contribution in [2.75, 3.05) is 31.2 Å². The van der Waals surface area contributed by atoms with Crippen LogP contribution in [0.1, 0.15) is 6.42 Å². The number of fused-ring (bicyclic) bond motifs is 1. The van der Waals surface area contributed by atoms with Crippen LogP contribution in [0.5, 0.6) is 0 Å². The molecular formula is C32H29F4N5O5S. The second-order valence-corrected chi connectivity index (χ2v) is 12.8. The Labute approximate surface area is 266 Å². The molecule has 10 nitrogen and oxygen atoms in total. The third kappa shape index (κ3) is 6.57. The summed E-state index contributed by atoms with van der Waals surface area (Å²) in [5.41, 5.74) is 1.68. The summed E-state index contributed by atoms with van der Waals surface area (Å²) in [7, 11) is -4.18. The van der Waals surface area contributed by atoms with E-state index in [0.717, 1.165) is 30.3 Å². The van der Waals surface area contributed by atoms with Crippen molar-refractivity contribution in [3.63, 3.8) is 0 Å². The fourth-order valence-electron chi connectivity index (χ4n) is 5.87. The number of nitrogens with zero attached hydrogens (tertiary/aromatic N) is 3. The Morgan fingerprint density at radius 2 is 1.64 bits per heavy atom. The molecule has 0 amide bonds. The van der Waals surface area contributed by atoms with Gasteiger partial charge in [-0.05, 0) is 36.2 Å². The van der Waals surface area contributed by atoms with E-state index in [0.29, 0.717) is 43.0 Å². The van der Waals surface area contributed by atoms with E-state index in [1.54, 1.807) is 18.2 Å². The van der Waals surface area contributed by atoms with Crippen LogP contribution in [0, 0.1) is 23.3 Å². The third-order valence-corrected chi connectivity index (χ3v) is 9.47. The number of anilines is 1. The van der Waals surface area contributed by atoms with Crippen molar-refractivity contribution in [3.05, 3.63) is 96.3 Å². The molecule has 0 unspecified atom stereocenters. The van der Waals surface area contributed by atoms with Gasteiger partial charge >= 0.3 is 0 Å². The summed E-state index contributed by atoms with van der Waals surface area (Å²) in [6.45, 7) is 1.38. The molecule has 0 saturated carbocycles. The van der Waals surface area contributed by atoms with Gasteiger partial charge in [-0.25, -0.2) is 22.5 Å². The Hall–Kier alpha value is -4.41. The van der Waals surface area contributed by atoms with E-state index >= 15 is 0 Å². The van der Waals surface area contributed by atoms with Gasteiger partial charge in [0.25, 0.3) is 10.1 Å². The van der Waals surface area contributed by atoms with Crippen molar-refractivity contribution >= 4 is 26.8 Å². The van der Waals surface area contributed by atoms with Crippen LogP contribution in [0.15, 0.2) is 78.0 Å². The molecule has 15 heteroatoms. The molecule has 5 aromatic rings. The van der Waals surface area contributed by atoms with Crippen molar-refractivity contribution in [1.82, 2.24) is 20.3 Å². The Morgan fingerprint density at radius 3 is 2.34 bits per heavy atom. The van der Waals surface area contributed by atoms with Crippen LogP contribution in [-0.2, 0) is 19.0 Å². The molecule has 2 aliphatic heterocycles. The second-order valence-electron chi connectivity index (χ2n) is 11.3. The van der Waals surface area contributed by atoms with Crippen molar-refractivity contribution in [2.24, 2.45) is 0 Å². The standard InChI is InChI=1S/C32H27F4N5O4S.H2O/c33-19-8-18(9-20(34)10-19)23-13-37-14-24(32-39-28-11-25(35)26(36)12-29(28)40-32)31(23)41-7-6-27(38-21-16-44-17-21)30(15-41)45-46(42,43)22-4-2-1-3-5-22;/h1-5,8-14,21,27,30,38H,6-7,15-17H2,(H,39,40);1H2/t27-,30+;/m1./s1. The molecule has 0 radical (unpaired) electrons. The van der Waals surface area contributed by atoms with Crippen LogP contribution < -0.4 is 10.2 Å². The molecule has 2 saturated heterocycles. The molecule has 0 bridgehead atoms. The molecule has 2 aromatic heterocycles. The largest absolute Gasteiger partial charge is 0.412 e. The highest BCUT2D eigenvalue weighted by Crippen LogP contribution is 2.41. The zero-order valence-corrected chi connectivity index (χ0v) is 25.4. The summed E-state index contributed by atoms with van der Waals surface area (Å²) >= 11 is 0. The number of nitrogens with one attached hydrogen (secondary N) is 2. The van der Waals surface area contributed by atoms with Crippen LogP contribution in [-0.4, -0.2) is 73.3 Å². The molecule has 2 fully saturated rings. The summed E-state index contributed by atoms with van der Waals surface area (Å²) in [6, 6.07) is 12.5. The number of halogens is 4. The average Bonchev–Trinajstić information content (AvgIpc) is 3.41. The monoisotopic (exact) mass is 671 g/mol. The van der Waals surface area contributed by atoms with Crippen molar-refractivity contribution in [3.8, 4) is 22.5 Å². The molecule has 0 spiro atoms. The van der Waals surface area contributed by atoms with Crippen molar-refractivity contribution in [2.45, 2.75) is 29.5 Å². The Kier molecular flexibility index (Phi) is 9.00. The van der Waals surface area contributed by atoms with Gasteiger partial charge in [-0.15, -0.1) is 0 Å². The smallest absolute Gasteiger partial charge is 0.297 e. The summed E-state index contributed by atoms with van der Waals surface area (Å²) in [4.78, 5) is 13.6. The number of ether oxygens (including phenoxy) is 1. The van der Waals surface area contributed by atoms with Crippen molar-refractivity contribution < 1.29 is 40.4 Å². The van der Waals surface area contributed by atoms with Gasteiger partial charge in [-0.1, -0.05) is 18.2 Å². The van der Waals surface area contributed by atoms with E-state index in [9.17, 15) is 26.0 Å². The first-order chi connectivity index (χ1) is 22.1. The zero-order valence-electron chi connectivity index (χ0n) is 24.6. The van der Waals surface area contributed by atoms with Crippen molar-refractivity contribution in [1.29, 1.82) is 0 Å². The van der Waals surface area contributed by atoms with E-state index in [1.807, 2.05) is 4.90 Å². The first-order valence-electron chi connectivity index (χ1n) is 14.5. The second kappa shape index (κ2) is 13.0. The molecule has 7 rings (SSSR count). The lowest BCUT2D eigenvalue weighted by atomic mass is 9.96. The number of rotatable bonds is 8. The molecule has 4 N–H and O–H groups in total. The molecule has 4 heterocycles. The minimum Gasteiger partial charge on any atom is -0.412 e. The normalized spacial score (nSPS) is 18.6. The van der Waals surface area contributed by atoms with Gasteiger partial charge in [-0.3, -0.25) is 9.17 Å². The Morgan fingerprint density at radius 1 is 0.936 bits per heavy atom. The fraction of sp³-hybridized carbons (Fsp3) is 0.250. The minimum atomic E-state index is -4.18. The number of imidazole rings is 1. The lowest BCUT2D eigenvalue weighted by Gasteiger charge is -2.43. The number of H-pyrrole nitrogens is 1. The average molecular weight is 672 g/mol. The molecular weight excluding hydrogens is 642 g/mol. The maximum Gasteiger partial charge on any atom is 0.297 e. The maximum absolute atomic E-state index is 14.5. The Balaban J connectivity index is 0.00000386. The molecule has 47 heavy (non-hydrogen) atoms. The number of pyridine rings is 1. The number of piperidine rings is 1. The quantitative estimate of drug-likeness (QED) is 0.183. The molecule has 0 aliphatic carbocycles. The predicted molar refractivity (Wildman–Crippen MR) is 165 cm³/mol. The van der Waals surface area contributed by atoms with E-state index in [4.69, 9.17) is 8.92 Å². The first kappa shape index (κ1) is 32.5. The third-order valence-electron chi connectivity index (χ3n) is 8.12. The Bertz CT molecular complexity index is 1970. The summed E-state index contributed by atoms with van der Waals surface area (Å²) < 4.78 is 95.1. The van der Waals surface area contributed by atoms with E-state index < -0.39 is 39.5 Å². The van der Waals surface area contributed by atoms with Crippen LogP contribution in [0.25, 0.3) is 33.5 Å². The van der Waals surface area contributed by atoms with Gasteiger partial charge in [0.05, 0.1) is 46.4 Å². The summed E-state index contributed by atoms with van der Waals surface area (Å²) in [5.74, 6) is -3.54. The topological polar surface area (TPSA) is 141 Å². The highest BCUT2D eigenvalue weighted by Gasteiger charge is 2.38. The van der Waals surface area contributed by atoms with E-state index in [1.165, 1.54) is 24.5 Å². The lowest BCUT2D eigenvalue weighted by Crippen LogP contribution is -2.60. The van der Waals surface area contributed by atoms with Gasteiger partial charge in [0.1, 0.15) is 23.6 Å². The number of hydrogen-bond donors (Lipinski definition) is 2. The molecule has 2 atom stereocenters. The zero-order chi connectivity index (χ0) is 32.0. The van der Waals surface area contributed by atoms with Crippen LogP contribution in [0.4, 0.5) is 23.2 Å². The van der Waals surface area contributed by atoms with E-state index in [-0.39, 0.29) is 51.4 Å². The van der Waals surface area contributed by atoms with Gasteiger partial charge in [0, 0.05) is 55.3 Å². The van der Waals surface area contributed by atoms with Gasteiger partial charge in [0.2, 0.25) is 0 Å². The van der Waals surface area contributed by atoms with Gasteiger partial charge < -0.3 is 25.4 Å². The number of hydrogen-bond acceptors (Lipinski definition) is 8. The number of benzene rings is 3. The van der Waals surface area contributed by atoms with Crippen LogP contribution >= 0.6 is 0 Å². The minimum absolute atomic E-state index is 0. The first-order valence-corrected chi connectivity index (χ1v) is 15.9. The van der Waals surface area contributed by atoms with Crippen LogP contribution in [0.3, 0.4) is 0 Å². The lowest BCUT2D eigenvalue weighted by molar-refractivity contribution is -0.0189. The predicted octanol–water partition coefficient (Wildman–Crippen LogP) is 4.36. The highest BCUT2D eigenvalue weighted by atomic mass is 32.2.